The normalized spacial score (nSPS) is 17.3. The largest absolute Gasteiger partial charge is 0.324 e. The van der Waals surface area contributed by atoms with Crippen LogP contribution in [0.15, 0.2) is 18.2 Å². The van der Waals surface area contributed by atoms with Crippen molar-refractivity contribution in [3.05, 3.63) is 29.3 Å². The smallest absolute Gasteiger partial charge is 0.244 e. The summed E-state index contributed by atoms with van der Waals surface area (Å²) in [6.07, 6.45) is 1.59. The van der Waals surface area contributed by atoms with E-state index in [1.165, 1.54) is 11.1 Å². The third kappa shape index (κ3) is 2.02. The number of nitrogens with two attached hydrogens (primary N) is 1. The van der Waals surface area contributed by atoms with E-state index in [2.05, 4.69) is 5.32 Å². The van der Waals surface area contributed by atoms with Gasteiger partial charge in [0.25, 0.3) is 0 Å². The Kier molecular flexibility index (Phi) is 2.27. The Labute approximate surface area is 89.7 Å². The Morgan fingerprint density at radius 1 is 1.33 bits per heavy atom. The van der Waals surface area contributed by atoms with Gasteiger partial charge in [0.1, 0.15) is 0 Å². The van der Waals surface area contributed by atoms with E-state index < -0.39 is 5.54 Å². The van der Waals surface area contributed by atoms with Gasteiger partial charge in [0, 0.05) is 5.69 Å². The molecule has 0 heterocycles. The van der Waals surface area contributed by atoms with Crippen LogP contribution in [0.1, 0.15) is 24.0 Å². The second-order valence-electron chi connectivity index (χ2n) is 4.41. The number of rotatable bonds is 2. The maximum absolute atomic E-state index is 11.7. The molecule has 1 fully saturated rings. The zero-order valence-corrected chi connectivity index (χ0v) is 9.13. The van der Waals surface area contributed by atoms with Gasteiger partial charge in [0.15, 0.2) is 0 Å². The van der Waals surface area contributed by atoms with Crippen LogP contribution in [0.5, 0.6) is 0 Å². The van der Waals surface area contributed by atoms with E-state index >= 15 is 0 Å². The fourth-order valence-corrected chi connectivity index (χ4v) is 1.44. The van der Waals surface area contributed by atoms with Gasteiger partial charge in [0.2, 0.25) is 5.91 Å². The Hall–Kier alpha value is -1.35. The molecule has 0 unspecified atom stereocenters. The summed E-state index contributed by atoms with van der Waals surface area (Å²) in [6, 6.07) is 5.88. The van der Waals surface area contributed by atoms with E-state index in [4.69, 9.17) is 5.73 Å². The Bertz CT molecular complexity index is 408. The van der Waals surface area contributed by atoms with Gasteiger partial charge in [-0.2, -0.15) is 0 Å². The molecule has 1 aromatic carbocycles. The lowest BCUT2D eigenvalue weighted by atomic mass is 10.1. The van der Waals surface area contributed by atoms with Crippen LogP contribution in [0.25, 0.3) is 0 Å². The topological polar surface area (TPSA) is 55.1 Å². The van der Waals surface area contributed by atoms with E-state index in [-0.39, 0.29) is 5.91 Å². The fourth-order valence-electron chi connectivity index (χ4n) is 1.44. The van der Waals surface area contributed by atoms with Crippen LogP contribution < -0.4 is 11.1 Å². The predicted octanol–water partition coefficient (Wildman–Crippen LogP) is 1.73. The Morgan fingerprint density at radius 3 is 2.53 bits per heavy atom. The lowest BCUT2D eigenvalue weighted by Crippen LogP contribution is -2.37. The van der Waals surface area contributed by atoms with Gasteiger partial charge in [0.05, 0.1) is 5.54 Å². The highest BCUT2D eigenvalue weighted by Gasteiger charge is 2.45. The molecule has 1 aliphatic rings. The summed E-state index contributed by atoms with van der Waals surface area (Å²) in [6.45, 7) is 4.08. The third-order valence-corrected chi connectivity index (χ3v) is 3.01. The fraction of sp³-hybridized carbons (Fsp3) is 0.417. The summed E-state index contributed by atoms with van der Waals surface area (Å²) in [5.74, 6) is -0.0641. The number of hydrogen-bond donors (Lipinski definition) is 2. The number of nitrogens with one attached hydrogen (secondary N) is 1. The van der Waals surface area contributed by atoms with Crippen LogP contribution in [0.2, 0.25) is 0 Å². The molecule has 0 atom stereocenters. The molecule has 0 spiro atoms. The number of amides is 1. The average Bonchev–Trinajstić information content (AvgIpc) is 2.92. The van der Waals surface area contributed by atoms with Crippen molar-refractivity contribution in [3.63, 3.8) is 0 Å². The maximum Gasteiger partial charge on any atom is 0.244 e. The predicted molar refractivity (Wildman–Crippen MR) is 60.7 cm³/mol. The van der Waals surface area contributed by atoms with Crippen molar-refractivity contribution in [3.8, 4) is 0 Å². The first-order valence-electron chi connectivity index (χ1n) is 5.19. The Balaban J connectivity index is 2.11. The monoisotopic (exact) mass is 204 g/mol. The summed E-state index contributed by atoms with van der Waals surface area (Å²) in [4.78, 5) is 11.7. The Morgan fingerprint density at radius 2 is 2.00 bits per heavy atom. The van der Waals surface area contributed by atoms with E-state index in [9.17, 15) is 4.79 Å². The van der Waals surface area contributed by atoms with E-state index in [1.807, 2.05) is 32.0 Å². The molecule has 0 aliphatic heterocycles. The highest BCUT2D eigenvalue weighted by Crippen LogP contribution is 2.33. The molecule has 0 radical (unpaired) electrons. The zero-order chi connectivity index (χ0) is 11.1. The number of carbonyl (C=O) groups excluding carboxylic acids is 1. The molecule has 0 bridgehead atoms. The highest BCUT2D eigenvalue weighted by atomic mass is 16.2. The van der Waals surface area contributed by atoms with Crippen molar-refractivity contribution in [2.45, 2.75) is 32.2 Å². The maximum atomic E-state index is 11.7. The number of anilines is 1. The lowest BCUT2D eigenvalue weighted by molar-refractivity contribution is -0.118. The SMILES string of the molecule is Cc1ccc(NC(=O)C2(N)CC2)cc1C. The van der Waals surface area contributed by atoms with Crippen LogP contribution in [0, 0.1) is 13.8 Å². The first-order valence-corrected chi connectivity index (χ1v) is 5.19. The molecule has 3 N–H and O–H groups in total. The molecule has 1 saturated carbocycles. The van der Waals surface area contributed by atoms with Gasteiger partial charge >= 0.3 is 0 Å². The lowest BCUT2D eigenvalue weighted by Gasteiger charge is -2.11. The molecule has 0 saturated heterocycles. The number of aryl methyl sites for hydroxylation is 2. The van der Waals surface area contributed by atoms with Gasteiger partial charge in [-0.1, -0.05) is 6.07 Å². The first-order chi connectivity index (χ1) is 7.01. The minimum Gasteiger partial charge on any atom is -0.324 e. The first kappa shape index (κ1) is 10.2. The van der Waals surface area contributed by atoms with Gasteiger partial charge in [-0.25, -0.2) is 0 Å². The molecule has 3 heteroatoms. The van der Waals surface area contributed by atoms with Gasteiger partial charge in [-0.05, 0) is 49.9 Å². The molecule has 2 rings (SSSR count). The molecule has 80 valence electrons. The zero-order valence-electron chi connectivity index (χ0n) is 9.13. The molecule has 15 heavy (non-hydrogen) atoms. The molecular formula is C12H16N2O. The van der Waals surface area contributed by atoms with E-state index in [0.717, 1.165) is 18.5 Å². The van der Waals surface area contributed by atoms with Crippen molar-refractivity contribution < 1.29 is 4.79 Å². The number of benzene rings is 1. The van der Waals surface area contributed by atoms with Crippen LogP contribution in [0.4, 0.5) is 5.69 Å². The van der Waals surface area contributed by atoms with Crippen molar-refractivity contribution in [2.24, 2.45) is 5.73 Å². The highest BCUT2D eigenvalue weighted by molar-refractivity contribution is 6.00. The number of carbonyl (C=O) groups is 1. The summed E-state index contributed by atoms with van der Waals surface area (Å²) in [5.41, 5.74) is 8.43. The molecule has 1 aromatic rings. The minimum absolute atomic E-state index is 0.0641. The molecule has 1 aliphatic carbocycles. The average molecular weight is 204 g/mol. The minimum atomic E-state index is -0.598. The summed E-state index contributed by atoms with van der Waals surface area (Å²) in [5, 5.41) is 2.85. The molecule has 1 amide bonds. The molecule has 3 nitrogen and oxygen atoms in total. The third-order valence-electron chi connectivity index (χ3n) is 3.01. The van der Waals surface area contributed by atoms with Crippen LogP contribution in [-0.2, 0) is 4.79 Å². The van der Waals surface area contributed by atoms with E-state index in [0.29, 0.717) is 0 Å². The van der Waals surface area contributed by atoms with Gasteiger partial charge in [-0.15, -0.1) is 0 Å². The molecular weight excluding hydrogens is 188 g/mol. The summed E-state index contributed by atoms with van der Waals surface area (Å²) < 4.78 is 0. The van der Waals surface area contributed by atoms with Gasteiger partial charge < -0.3 is 11.1 Å². The quantitative estimate of drug-likeness (QED) is 0.770. The van der Waals surface area contributed by atoms with Crippen molar-refractivity contribution in [1.82, 2.24) is 0 Å². The summed E-state index contributed by atoms with van der Waals surface area (Å²) in [7, 11) is 0. The standard InChI is InChI=1S/C12H16N2O/c1-8-3-4-10(7-9(8)2)14-11(15)12(13)5-6-12/h3-4,7H,5-6,13H2,1-2H3,(H,14,15). The number of hydrogen-bond acceptors (Lipinski definition) is 2. The van der Waals surface area contributed by atoms with Gasteiger partial charge in [-0.3, -0.25) is 4.79 Å². The van der Waals surface area contributed by atoms with Crippen molar-refractivity contribution >= 4 is 11.6 Å². The van der Waals surface area contributed by atoms with Crippen molar-refractivity contribution in [2.75, 3.05) is 5.32 Å². The van der Waals surface area contributed by atoms with Crippen molar-refractivity contribution in [1.29, 1.82) is 0 Å². The van der Waals surface area contributed by atoms with Crippen LogP contribution >= 0.6 is 0 Å². The molecule has 0 aromatic heterocycles. The summed E-state index contributed by atoms with van der Waals surface area (Å²) >= 11 is 0. The second-order valence-corrected chi connectivity index (χ2v) is 4.41. The second kappa shape index (κ2) is 3.35. The van der Waals surface area contributed by atoms with Crippen LogP contribution in [0.3, 0.4) is 0 Å². The van der Waals surface area contributed by atoms with Crippen LogP contribution in [-0.4, -0.2) is 11.4 Å². The van der Waals surface area contributed by atoms with E-state index in [1.54, 1.807) is 0 Å².